The summed E-state index contributed by atoms with van der Waals surface area (Å²) >= 11 is 0. The molecule has 1 aromatic heterocycles. The minimum absolute atomic E-state index is 0.190. The van der Waals surface area contributed by atoms with Crippen LogP contribution in [0, 0.1) is 5.92 Å². The van der Waals surface area contributed by atoms with Crippen LogP contribution in [-0.2, 0) is 11.4 Å². The molecule has 2 atom stereocenters. The average Bonchev–Trinajstić information content (AvgIpc) is 2.67. The lowest BCUT2D eigenvalue weighted by Crippen LogP contribution is -2.13. The summed E-state index contributed by atoms with van der Waals surface area (Å²) < 4.78 is 5.03. The van der Waals surface area contributed by atoms with Crippen LogP contribution in [0.15, 0.2) is 4.52 Å². The number of nitrogens with zero attached hydrogens (tertiary/aromatic N) is 2. The summed E-state index contributed by atoms with van der Waals surface area (Å²) in [5, 5.41) is 3.97. The Morgan fingerprint density at radius 3 is 3.13 bits per heavy atom. The molecule has 5 nitrogen and oxygen atoms in total. The normalized spacial score (nSPS) is 26.8. The first-order valence-electron chi connectivity index (χ1n) is 5.43. The van der Waals surface area contributed by atoms with Crippen molar-refractivity contribution in [3.63, 3.8) is 0 Å². The summed E-state index contributed by atoms with van der Waals surface area (Å²) in [5.41, 5.74) is 0. The van der Waals surface area contributed by atoms with E-state index in [1.165, 1.54) is 12.8 Å². The maximum atomic E-state index is 5.03. The van der Waals surface area contributed by atoms with Crippen LogP contribution in [0.25, 0.3) is 0 Å². The maximum absolute atomic E-state index is 5.03. The number of aromatic nitrogens is 2. The van der Waals surface area contributed by atoms with Gasteiger partial charge in [0.1, 0.15) is 6.61 Å². The van der Waals surface area contributed by atoms with Gasteiger partial charge in [-0.25, -0.2) is 5.90 Å². The van der Waals surface area contributed by atoms with Crippen molar-refractivity contribution in [3.8, 4) is 0 Å². The molecule has 0 radical (unpaired) electrons. The Morgan fingerprint density at radius 2 is 2.40 bits per heavy atom. The highest BCUT2D eigenvalue weighted by atomic mass is 16.6. The van der Waals surface area contributed by atoms with E-state index in [1.54, 1.807) is 0 Å². The van der Waals surface area contributed by atoms with Crippen molar-refractivity contribution >= 4 is 0 Å². The van der Waals surface area contributed by atoms with E-state index in [1.807, 2.05) is 0 Å². The second kappa shape index (κ2) is 4.72. The molecular weight excluding hydrogens is 194 g/mol. The van der Waals surface area contributed by atoms with Crippen LogP contribution in [-0.4, -0.2) is 10.1 Å². The highest BCUT2D eigenvalue weighted by Crippen LogP contribution is 2.34. The maximum Gasteiger partial charge on any atom is 0.254 e. The molecule has 84 valence electrons. The van der Waals surface area contributed by atoms with Gasteiger partial charge in [-0.3, -0.25) is 4.84 Å². The van der Waals surface area contributed by atoms with E-state index >= 15 is 0 Å². The Kier molecular flexibility index (Phi) is 3.33. The van der Waals surface area contributed by atoms with E-state index in [-0.39, 0.29) is 6.61 Å². The van der Waals surface area contributed by atoms with Gasteiger partial charge in [-0.1, -0.05) is 24.9 Å². The van der Waals surface area contributed by atoms with E-state index in [4.69, 9.17) is 10.4 Å². The van der Waals surface area contributed by atoms with Crippen molar-refractivity contribution in [2.45, 2.75) is 45.1 Å². The first kappa shape index (κ1) is 10.6. The molecule has 0 aliphatic heterocycles. The third-order valence-corrected chi connectivity index (χ3v) is 2.99. The highest BCUT2D eigenvalue weighted by Gasteiger charge is 2.24. The Morgan fingerprint density at radius 1 is 1.53 bits per heavy atom. The number of nitrogens with two attached hydrogens (primary N) is 1. The molecule has 1 aliphatic rings. The van der Waals surface area contributed by atoms with E-state index in [0.717, 1.165) is 24.6 Å². The Balaban J connectivity index is 2.01. The summed E-state index contributed by atoms with van der Waals surface area (Å²) in [6, 6.07) is 0. The molecule has 2 N–H and O–H groups in total. The zero-order chi connectivity index (χ0) is 10.7. The molecule has 5 heteroatoms. The van der Waals surface area contributed by atoms with Crippen molar-refractivity contribution < 1.29 is 9.36 Å². The predicted molar refractivity (Wildman–Crippen MR) is 53.6 cm³/mol. The van der Waals surface area contributed by atoms with Crippen molar-refractivity contribution in [3.05, 3.63) is 11.7 Å². The molecule has 1 saturated carbocycles. The van der Waals surface area contributed by atoms with Gasteiger partial charge in [0.2, 0.25) is 0 Å². The molecule has 0 saturated heterocycles. The zero-order valence-corrected chi connectivity index (χ0v) is 8.98. The Hall–Kier alpha value is -0.940. The third-order valence-electron chi connectivity index (χ3n) is 2.99. The van der Waals surface area contributed by atoms with E-state index in [0.29, 0.717) is 11.8 Å². The van der Waals surface area contributed by atoms with Gasteiger partial charge in [0.05, 0.1) is 0 Å². The van der Waals surface area contributed by atoms with Gasteiger partial charge in [0.25, 0.3) is 5.89 Å². The minimum Gasteiger partial charge on any atom is -0.337 e. The van der Waals surface area contributed by atoms with E-state index in [9.17, 15) is 0 Å². The zero-order valence-electron chi connectivity index (χ0n) is 8.98. The molecule has 0 aromatic carbocycles. The van der Waals surface area contributed by atoms with Gasteiger partial charge in [-0.05, 0) is 18.8 Å². The molecular formula is C10H17N3O2. The Bertz CT molecular complexity index is 313. The van der Waals surface area contributed by atoms with Gasteiger partial charge >= 0.3 is 0 Å². The molecule has 2 unspecified atom stereocenters. The molecule has 1 aromatic rings. The number of hydrogen-bond acceptors (Lipinski definition) is 5. The van der Waals surface area contributed by atoms with E-state index in [2.05, 4.69) is 21.9 Å². The standard InChI is InChI=1S/C10H17N3O2/c1-7-3-2-4-8(5-7)10-12-9(6-14-11)15-13-10/h7-8H,2-6,11H2,1H3. The Labute approximate surface area is 88.9 Å². The molecule has 1 fully saturated rings. The van der Waals surface area contributed by atoms with Gasteiger partial charge < -0.3 is 4.52 Å². The van der Waals surface area contributed by atoms with E-state index < -0.39 is 0 Å². The number of hydrogen-bond donors (Lipinski definition) is 1. The van der Waals surface area contributed by atoms with Crippen LogP contribution in [0.4, 0.5) is 0 Å². The summed E-state index contributed by atoms with van der Waals surface area (Å²) in [6.07, 6.45) is 4.88. The van der Waals surface area contributed by atoms with Gasteiger partial charge in [-0.15, -0.1) is 0 Å². The summed E-state index contributed by atoms with van der Waals surface area (Å²) in [5.74, 6) is 7.43. The van der Waals surface area contributed by atoms with Gasteiger partial charge in [0, 0.05) is 5.92 Å². The molecule has 0 bridgehead atoms. The monoisotopic (exact) mass is 211 g/mol. The molecule has 2 rings (SSSR count). The summed E-state index contributed by atoms with van der Waals surface area (Å²) in [4.78, 5) is 8.73. The highest BCUT2D eigenvalue weighted by molar-refractivity contribution is 4.97. The average molecular weight is 211 g/mol. The fraction of sp³-hybridized carbons (Fsp3) is 0.800. The van der Waals surface area contributed by atoms with Crippen LogP contribution in [0.5, 0.6) is 0 Å². The van der Waals surface area contributed by atoms with Crippen molar-refractivity contribution in [1.82, 2.24) is 10.1 Å². The lowest BCUT2D eigenvalue weighted by Gasteiger charge is -2.23. The fourth-order valence-corrected chi connectivity index (χ4v) is 2.23. The van der Waals surface area contributed by atoms with Crippen molar-refractivity contribution in [2.24, 2.45) is 11.8 Å². The molecule has 0 spiro atoms. The van der Waals surface area contributed by atoms with Crippen LogP contribution in [0.3, 0.4) is 0 Å². The van der Waals surface area contributed by atoms with Crippen LogP contribution < -0.4 is 5.90 Å². The predicted octanol–water partition coefficient (Wildman–Crippen LogP) is 1.75. The second-order valence-corrected chi connectivity index (χ2v) is 4.33. The third kappa shape index (κ3) is 2.54. The van der Waals surface area contributed by atoms with Crippen molar-refractivity contribution in [1.29, 1.82) is 0 Å². The second-order valence-electron chi connectivity index (χ2n) is 4.33. The largest absolute Gasteiger partial charge is 0.337 e. The molecule has 1 aliphatic carbocycles. The van der Waals surface area contributed by atoms with Crippen LogP contribution in [0.2, 0.25) is 0 Å². The van der Waals surface area contributed by atoms with Crippen molar-refractivity contribution in [2.75, 3.05) is 0 Å². The molecule has 0 amide bonds. The molecule has 15 heavy (non-hydrogen) atoms. The van der Waals surface area contributed by atoms with Crippen LogP contribution in [0.1, 0.15) is 50.2 Å². The minimum atomic E-state index is 0.190. The first-order chi connectivity index (χ1) is 7.29. The summed E-state index contributed by atoms with van der Waals surface area (Å²) in [7, 11) is 0. The SMILES string of the molecule is CC1CCCC(c2noc(CON)n2)C1. The summed E-state index contributed by atoms with van der Waals surface area (Å²) in [6.45, 7) is 2.46. The lowest BCUT2D eigenvalue weighted by molar-refractivity contribution is 0.0995. The quantitative estimate of drug-likeness (QED) is 0.771. The molecule has 1 heterocycles. The smallest absolute Gasteiger partial charge is 0.254 e. The van der Waals surface area contributed by atoms with Crippen LogP contribution >= 0.6 is 0 Å². The number of rotatable bonds is 3. The lowest BCUT2D eigenvalue weighted by atomic mass is 9.82. The fourth-order valence-electron chi connectivity index (χ4n) is 2.23. The van der Waals surface area contributed by atoms with Gasteiger partial charge in [-0.2, -0.15) is 4.98 Å². The first-order valence-corrected chi connectivity index (χ1v) is 5.43. The van der Waals surface area contributed by atoms with Gasteiger partial charge in [0.15, 0.2) is 5.82 Å². The topological polar surface area (TPSA) is 74.2 Å².